The van der Waals surface area contributed by atoms with Crippen molar-refractivity contribution in [2.24, 2.45) is 5.92 Å². The van der Waals surface area contributed by atoms with Gasteiger partial charge in [0.05, 0.1) is 12.8 Å². The number of anilines is 1. The van der Waals surface area contributed by atoms with E-state index in [2.05, 4.69) is 10.6 Å². The van der Waals surface area contributed by atoms with E-state index in [0.717, 1.165) is 38.1 Å². The molecule has 0 aliphatic carbocycles. The van der Waals surface area contributed by atoms with E-state index in [0.29, 0.717) is 12.3 Å². The fourth-order valence-electron chi connectivity index (χ4n) is 2.37. The Hall–Kier alpha value is -1.40. The monoisotopic (exact) mass is 320 g/mol. The molecular weight excluding hydrogens is 302 g/mol. The van der Waals surface area contributed by atoms with Gasteiger partial charge in [0.25, 0.3) is 0 Å². The fourth-order valence-corrected chi connectivity index (χ4v) is 2.37. The number of hydrogen-bond acceptors (Lipinski definition) is 3. The van der Waals surface area contributed by atoms with Crippen molar-refractivity contribution in [1.29, 1.82) is 0 Å². The van der Waals surface area contributed by atoms with Gasteiger partial charge in [-0.25, -0.2) is 8.78 Å². The zero-order valence-corrected chi connectivity index (χ0v) is 12.6. The maximum Gasteiger partial charge on any atom is 0.224 e. The smallest absolute Gasteiger partial charge is 0.224 e. The Bertz CT molecular complexity index is 494. The first kappa shape index (κ1) is 17.7. The average molecular weight is 321 g/mol. The summed E-state index contributed by atoms with van der Waals surface area (Å²) in [5.41, 5.74) is 0.0274. The van der Waals surface area contributed by atoms with Crippen LogP contribution in [0.25, 0.3) is 0 Å². The summed E-state index contributed by atoms with van der Waals surface area (Å²) >= 11 is 0. The quantitative estimate of drug-likeness (QED) is 0.877. The Morgan fingerprint density at radius 2 is 2.24 bits per heavy atom. The van der Waals surface area contributed by atoms with E-state index >= 15 is 0 Å². The second-order valence-corrected chi connectivity index (χ2v) is 4.91. The minimum Gasteiger partial charge on any atom is -0.492 e. The molecule has 21 heavy (non-hydrogen) atoms. The Morgan fingerprint density at radius 1 is 1.48 bits per heavy atom. The minimum absolute atomic E-state index is 0. The van der Waals surface area contributed by atoms with Crippen molar-refractivity contribution in [3.8, 4) is 5.75 Å². The average Bonchev–Trinajstić information content (AvgIpc) is 2.89. The minimum atomic E-state index is -0.831. The Morgan fingerprint density at radius 3 is 2.86 bits per heavy atom. The lowest BCUT2D eigenvalue weighted by atomic mass is 10.0. The standard InChI is InChI=1S/C14H18F2N2O2.ClH/c1-20-14-11(16)6-10(15)7-12(14)18-13(19)3-2-9-4-5-17-8-9;/h6-7,9,17H,2-5,8H2,1H3,(H,18,19);1H. The van der Waals surface area contributed by atoms with Crippen LogP contribution in [0.2, 0.25) is 0 Å². The van der Waals surface area contributed by atoms with E-state index < -0.39 is 11.6 Å². The molecule has 1 saturated heterocycles. The molecule has 0 saturated carbocycles. The van der Waals surface area contributed by atoms with Crippen LogP contribution < -0.4 is 15.4 Å². The lowest BCUT2D eigenvalue weighted by Gasteiger charge is -2.12. The van der Waals surface area contributed by atoms with E-state index in [1.165, 1.54) is 7.11 Å². The molecule has 1 fully saturated rings. The summed E-state index contributed by atoms with van der Waals surface area (Å²) in [6.07, 6.45) is 2.15. The summed E-state index contributed by atoms with van der Waals surface area (Å²) in [5.74, 6) is -1.50. The van der Waals surface area contributed by atoms with Crippen molar-refractivity contribution in [3.05, 3.63) is 23.8 Å². The van der Waals surface area contributed by atoms with Gasteiger partial charge in [0.15, 0.2) is 11.6 Å². The Kier molecular flexibility index (Phi) is 6.84. The molecule has 2 rings (SSSR count). The van der Waals surface area contributed by atoms with Crippen molar-refractivity contribution in [1.82, 2.24) is 5.32 Å². The van der Waals surface area contributed by atoms with Gasteiger partial charge in [-0.2, -0.15) is 0 Å². The van der Waals surface area contributed by atoms with Gasteiger partial charge in [0.1, 0.15) is 5.82 Å². The summed E-state index contributed by atoms with van der Waals surface area (Å²) in [6.45, 7) is 1.90. The van der Waals surface area contributed by atoms with Gasteiger partial charge in [-0.15, -0.1) is 12.4 Å². The highest BCUT2D eigenvalue weighted by Crippen LogP contribution is 2.29. The van der Waals surface area contributed by atoms with Crippen LogP contribution in [0.3, 0.4) is 0 Å². The van der Waals surface area contributed by atoms with Crippen LogP contribution in [-0.4, -0.2) is 26.1 Å². The highest BCUT2D eigenvalue weighted by Gasteiger charge is 2.17. The third-order valence-electron chi connectivity index (χ3n) is 3.43. The maximum atomic E-state index is 13.5. The number of carbonyl (C=O) groups is 1. The number of halogens is 3. The number of methoxy groups -OCH3 is 1. The molecule has 2 N–H and O–H groups in total. The molecule has 0 spiro atoms. The molecule has 1 aliphatic heterocycles. The highest BCUT2D eigenvalue weighted by atomic mass is 35.5. The lowest BCUT2D eigenvalue weighted by molar-refractivity contribution is -0.116. The normalized spacial score (nSPS) is 17.2. The van der Waals surface area contributed by atoms with Gasteiger partial charge < -0.3 is 15.4 Å². The van der Waals surface area contributed by atoms with Crippen molar-refractivity contribution >= 4 is 24.0 Å². The molecule has 118 valence electrons. The lowest BCUT2D eigenvalue weighted by Crippen LogP contribution is -2.15. The van der Waals surface area contributed by atoms with Crippen LogP contribution in [0, 0.1) is 17.6 Å². The first-order chi connectivity index (χ1) is 9.60. The third kappa shape index (κ3) is 4.82. The summed E-state index contributed by atoms with van der Waals surface area (Å²) in [5, 5.41) is 5.73. The van der Waals surface area contributed by atoms with Gasteiger partial charge in [0.2, 0.25) is 5.91 Å². The van der Waals surface area contributed by atoms with Crippen molar-refractivity contribution in [2.45, 2.75) is 19.3 Å². The zero-order chi connectivity index (χ0) is 14.5. The molecule has 1 amide bonds. The van der Waals surface area contributed by atoms with Crippen LogP contribution in [0.4, 0.5) is 14.5 Å². The molecule has 1 atom stereocenters. The van der Waals surface area contributed by atoms with Crippen LogP contribution in [0.5, 0.6) is 5.75 Å². The topological polar surface area (TPSA) is 50.4 Å². The number of amides is 1. The Balaban J connectivity index is 0.00000220. The second-order valence-electron chi connectivity index (χ2n) is 4.91. The SMILES string of the molecule is COc1c(F)cc(F)cc1NC(=O)CCC1CCNC1.Cl. The van der Waals surface area contributed by atoms with Crippen LogP contribution in [0.15, 0.2) is 12.1 Å². The van der Waals surface area contributed by atoms with Crippen molar-refractivity contribution < 1.29 is 18.3 Å². The second kappa shape index (κ2) is 8.14. The largest absolute Gasteiger partial charge is 0.492 e. The van der Waals surface area contributed by atoms with Crippen molar-refractivity contribution in [2.75, 3.05) is 25.5 Å². The van der Waals surface area contributed by atoms with Gasteiger partial charge in [-0.05, 0) is 31.8 Å². The Labute approximate surface area is 128 Å². The van der Waals surface area contributed by atoms with E-state index in [4.69, 9.17) is 4.74 Å². The highest BCUT2D eigenvalue weighted by molar-refractivity contribution is 5.92. The summed E-state index contributed by atoms with van der Waals surface area (Å²) in [4.78, 5) is 11.8. The first-order valence-electron chi connectivity index (χ1n) is 6.63. The van der Waals surface area contributed by atoms with E-state index in [1.807, 2.05) is 0 Å². The fraction of sp³-hybridized carbons (Fsp3) is 0.500. The molecule has 1 aliphatic rings. The number of carbonyl (C=O) groups excluding carboxylic acids is 1. The molecule has 1 aromatic rings. The van der Waals surface area contributed by atoms with Gasteiger partial charge in [-0.3, -0.25) is 4.79 Å². The molecule has 1 unspecified atom stereocenters. The zero-order valence-electron chi connectivity index (χ0n) is 11.7. The van der Waals surface area contributed by atoms with Crippen LogP contribution in [-0.2, 0) is 4.79 Å². The van der Waals surface area contributed by atoms with E-state index in [9.17, 15) is 13.6 Å². The van der Waals surface area contributed by atoms with E-state index in [-0.39, 0.29) is 29.8 Å². The number of rotatable bonds is 5. The van der Waals surface area contributed by atoms with Crippen LogP contribution >= 0.6 is 12.4 Å². The molecule has 4 nitrogen and oxygen atoms in total. The molecule has 0 radical (unpaired) electrons. The predicted molar refractivity (Wildman–Crippen MR) is 79.0 cm³/mol. The maximum absolute atomic E-state index is 13.5. The summed E-state index contributed by atoms with van der Waals surface area (Å²) < 4.78 is 31.5. The molecule has 0 aromatic heterocycles. The molecule has 1 heterocycles. The molecular formula is C14H19ClF2N2O2. The number of nitrogens with one attached hydrogen (secondary N) is 2. The predicted octanol–water partition coefficient (Wildman–Crippen LogP) is 2.72. The van der Waals surface area contributed by atoms with Gasteiger partial charge in [-0.1, -0.05) is 0 Å². The molecule has 1 aromatic carbocycles. The van der Waals surface area contributed by atoms with Gasteiger partial charge >= 0.3 is 0 Å². The number of benzene rings is 1. The molecule has 7 heteroatoms. The number of ether oxygens (including phenoxy) is 1. The van der Waals surface area contributed by atoms with Crippen LogP contribution in [0.1, 0.15) is 19.3 Å². The van der Waals surface area contributed by atoms with E-state index in [1.54, 1.807) is 0 Å². The first-order valence-corrected chi connectivity index (χ1v) is 6.63. The number of hydrogen-bond donors (Lipinski definition) is 2. The summed E-state index contributed by atoms with van der Waals surface area (Å²) in [6, 6.07) is 1.77. The summed E-state index contributed by atoms with van der Waals surface area (Å²) in [7, 11) is 1.27. The van der Waals surface area contributed by atoms with Crippen molar-refractivity contribution in [3.63, 3.8) is 0 Å². The van der Waals surface area contributed by atoms with Gasteiger partial charge in [0, 0.05) is 18.6 Å². The third-order valence-corrected chi connectivity index (χ3v) is 3.43. The molecule has 0 bridgehead atoms.